The van der Waals surface area contributed by atoms with Gasteiger partial charge in [0.2, 0.25) is 5.88 Å². The van der Waals surface area contributed by atoms with Gasteiger partial charge in [0, 0.05) is 61.0 Å². The molecule has 5 heterocycles. The lowest BCUT2D eigenvalue weighted by Crippen LogP contribution is -2.61. The summed E-state index contributed by atoms with van der Waals surface area (Å²) in [6, 6.07) is 59.7. The lowest BCUT2D eigenvalue weighted by Gasteiger charge is -2.44. The van der Waals surface area contributed by atoms with Crippen LogP contribution in [0.2, 0.25) is 0 Å². The standard InChI is InChI=1S/C58H45BN2O3/c1-3-5-16-36-26-29-39(30-27-36)61-49-35-53-45(40-20-10-13-23-50(40)62-53)33-44(49)46-34-47-41-21-11-14-24-51(41)63-57(47)56-54(46)59(61)55-42-22-12-15-25-52(42)64-58(55)60(56)48-31-28-37(17-6-4-2)32-43(48)38-18-8-7-9-19-38/h7-15,18-35H,3-6,16-17H2,1-2H3. The molecule has 8 aromatic carbocycles. The zero-order valence-electron chi connectivity index (χ0n) is 36.0. The van der Waals surface area contributed by atoms with Crippen molar-refractivity contribution in [2.45, 2.75) is 52.4 Å². The van der Waals surface area contributed by atoms with Crippen molar-refractivity contribution in [2.75, 3.05) is 9.71 Å². The highest BCUT2D eigenvalue weighted by Crippen LogP contribution is 2.54. The molecular formula is C58H45BN2O3. The van der Waals surface area contributed by atoms with Crippen LogP contribution in [-0.2, 0) is 12.8 Å². The van der Waals surface area contributed by atoms with Gasteiger partial charge >= 0.3 is 6.85 Å². The molecule has 3 aromatic heterocycles. The van der Waals surface area contributed by atoms with E-state index < -0.39 is 0 Å². The predicted octanol–water partition coefficient (Wildman–Crippen LogP) is 15.3. The van der Waals surface area contributed by atoms with Crippen LogP contribution in [0.3, 0.4) is 0 Å². The first-order valence-corrected chi connectivity index (χ1v) is 23.0. The second kappa shape index (κ2) is 14.6. The van der Waals surface area contributed by atoms with Crippen molar-refractivity contribution in [2.24, 2.45) is 0 Å². The molecule has 11 aromatic rings. The fourth-order valence-corrected chi connectivity index (χ4v) is 10.8. The van der Waals surface area contributed by atoms with Gasteiger partial charge in [-0.25, -0.2) is 0 Å². The maximum Gasteiger partial charge on any atom is 0.337 e. The first-order valence-electron chi connectivity index (χ1n) is 23.0. The van der Waals surface area contributed by atoms with Crippen LogP contribution < -0.4 is 20.6 Å². The van der Waals surface area contributed by atoms with E-state index in [1.807, 2.05) is 0 Å². The smallest absolute Gasteiger partial charge is 0.337 e. The molecule has 13 rings (SSSR count). The zero-order chi connectivity index (χ0) is 42.5. The summed E-state index contributed by atoms with van der Waals surface area (Å²) >= 11 is 0. The maximum absolute atomic E-state index is 7.30. The van der Waals surface area contributed by atoms with Crippen LogP contribution in [-0.4, -0.2) is 6.85 Å². The van der Waals surface area contributed by atoms with E-state index in [2.05, 4.69) is 187 Å². The first kappa shape index (κ1) is 37.1. The molecule has 64 heavy (non-hydrogen) atoms. The monoisotopic (exact) mass is 828 g/mol. The number of nitrogens with zero attached hydrogens (tertiary/aromatic N) is 2. The third kappa shape index (κ3) is 5.51. The number of anilines is 5. The van der Waals surface area contributed by atoms with Crippen molar-refractivity contribution in [1.29, 1.82) is 0 Å². The van der Waals surface area contributed by atoms with E-state index in [0.29, 0.717) is 0 Å². The van der Waals surface area contributed by atoms with Crippen LogP contribution in [0.25, 0.3) is 77.1 Å². The Labute approximate surface area is 372 Å². The summed E-state index contributed by atoms with van der Waals surface area (Å²) < 4.78 is 21.2. The van der Waals surface area contributed by atoms with Gasteiger partial charge in [-0.1, -0.05) is 130 Å². The van der Waals surface area contributed by atoms with Crippen LogP contribution >= 0.6 is 0 Å². The minimum atomic E-state index is -0.280. The third-order valence-electron chi connectivity index (χ3n) is 13.8. The summed E-state index contributed by atoms with van der Waals surface area (Å²) in [5.41, 5.74) is 18.2. The molecule has 0 saturated carbocycles. The van der Waals surface area contributed by atoms with E-state index in [4.69, 9.17) is 13.3 Å². The normalized spacial score (nSPS) is 13.1. The maximum atomic E-state index is 7.30. The van der Waals surface area contributed by atoms with Crippen molar-refractivity contribution in [3.8, 4) is 22.3 Å². The number of benzene rings is 8. The Morgan fingerprint density at radius 3 is 1.83 bits per heavy atom. The second-order valence-corrected chi connectivity index (χ2v) is 17.6. The number of furan rings is 3. The van der Waals surface area contributed by atoms with Crippen LogP contribution in [0, 0.1) is 0 Å². The summed E-state index contributed by atoms with van der Waals surface area (Å²) in [5, 5.41) is 5.46. The Balaban J connectivity index is 1.20. The molecule has 0 N–H and O–H groups in total. The van der Waals surface area contributed by atoms with Gasteiger partial charge in [-0.3, -0.25) is 4.90 Å². The van der Waals surface area contributed by atoms with Gasteiger partial charge in [-0.05, 0) is 108 Å². The van der Waals surface area contributed by atoms with E-state index in [1.54, 1.807) is 0 Å². The van der Waals surface area contributed by atoms with Crippen molar-refractivity contribution in [3.05, 3.63) is 175 Å². The number of hydrogen-bond acceptors (Lipinski definition) is 5. The van der Waals surface area contributed by atoms with E-state index in [9.17, 15) is 0 Å². The zero-order valence-corrected chi connectivity index (χ0v) is 36.0. The molecule has 0 saturated heterocycles. The summed E-state index contributed by atoms with van der Waals surface area (Å²) in [5.74, 6) is 0.800. The molecule has 0 spiro atoms. The molecule has 0 aliphatic carbocycles. The molecule has 2 aliphatic rings. The molecule has 0 amide bonds. The van der Waals surface area contributed by atoms with Crippen LogP contribution in [0.4, 0.5) is 28.6 Å². The Kier molecular flexibility index (Phi) is 8.46. The van der Waals surface area contributed by atoms with E-state index in [-0.39, 0.29) is 6.85 Å². The number of aryl methyl sites for hydroxylation is 2. The molecule has 308 valence electrons. The number of fused-ring (bicyclic) bond motifs is 13. The predicted molar refractivity (Wildman–Crippen MR) is 267 cm³/mol. The number of para-hydroxylation sites is 3. The molecule has 0 atom stereocenters. The minimum absolute atomic E-state index is 0.280. The van der Waals surface area contributed by atoms with Gasteiger partial charge in [0.25, 0.3) is 0 Å². The Hall–Kier alpha value is -7.44. The third-order valence-corrected chi connectivity index (χ3v) is 13.8. The molecular weight excluding hydrogens is 783 g/mol. The largest absolute Gasteiger partial charge is 0.456 e. The fraction of sp³-hybridized carbons (Fsp3) is 0.138. The van der Waals surface area contributed by atoms with Crippen LogP contribution in [0.15, 0.2) is 177 Å². The Morgan fingerprint density at radius 1 is 0.453 bits per heavy atom. The number of hydrogen-bond donors (Lipinski definition) is 0. The molecule has 0 fully saturated rings. The van der Waals surface area contributed by atoms with Crippen LogP contribution in [0.1, 0.15) is 50.7 Å². The topological polar surface area (TPSA) is 45.9 Å². The number of unbranched alkanes of at least 4 members (excludes halogenated alkanes) is 2. The lowest BCUT2D eigenvalue weighted by molar-refractivity contribution is 0.620. The van der Waals surface area contributed by atoms with Gasteiger partial charge in [-0.2, -0.15) is 0 Å². The average Bonchev–Trinajstić information content (AvgIpc) is 4.04. The summed E-state index contributed by atoms with van der Waals surface area (Å²) in [7, 11) is 0. The fourth-order valence-electron chi connectivity index (χ4n) is 10.8. The average molecular weight is 829 g/mol. The molecule has 0 radical (unpaired) electrons. The molecule has 5 nitrogen and oxygen atoms in total. The van der Waals surface area contributed by atoms with Gasteiger partial charge < -0.3 is 18.1 Å². The quantitative estimate of drug-likeness (QED) is 0.136. The second-order valence-electron chi connectivity index (χ2n) is 17.6. The summed E-state index contributed by atoms with van der Waals surface area (Å²) in [4.78, 5) is 4.96. The Bertz CT molecular complexity index is 3620. The highest BCUT2D eigenvalue weighted by atomic mass is 16.4. The van der Waals surface area contributed by atoms with E-state index in [1.165, 1.54) is 22.2 Å². The molecule has 0 unspecified atom stereocenters. The minimum Gasteiger partial charge on any atom is -0.456 e. The van der Waals surface area contributed by atoms with E-state index >= 15 is 0 Å². The van der Waals surface area contributed by atoms with Gasteiger partial charge in [0.1, 0.15) is 22.3 Å². The van der Waals surface area contributed by atoms with Crippen molar-refractivity contribution in [3.63, 3.8) is 0 Å². The molecule has 0 bridgehead atoms. The van der Waals surface area contributed by atoms with Crippen LogP contribution in [0.5, 0.6) is 0 Å². The summed E-state index contributed by atoms with van der Waals surface area (Å²) in [6.45, 7) is 4.24. The Morgan fingerprint density at radius 2 is 1.08 bits per heavy atom. The number of rotatable bonds is 9. The van der Waals surface area contributed by atoms with Gasteiger partial charge in [0.05, 0.1) is 11.4 Å². The van der Waals surface area contributed by atoms with Gasteiger partial charge in [-0.15, -0.1) is 0 Å². The lowest BCUT2D eigenvalue weighted by atomic mass is 9.43. The molecule has 2 aliphatic heterocycles. The van der Waals surface area contributed by atoms with Crippen molar-refractivity contribution in [1.82, 2.24) is 0 Å². The highest BCUT2D eigenvalue weighted by molar-refractivity contribution is 6.95. The van der Waals surface area contributed by atoms with Crippen molar-refractivity contribution >= 4 is 101 Å². The van der Waals surface area contributed by atoms with Crippen molar-refractivity contribution < 1.29 is 13.3 Å². The van der Waals surface area contributed by atoms with E-state index in [0.717, 1.165) is 144 Å². The summed E-state index contributed by atoms with van der Waals surface area (Å²) in [6.07, 6.45) is 6.66. The molecule has 6 heteroatoms. The first-order chi connectivity index (χ1) is 31.7. The van der Waals surface area contributed by atoms with Gasteiger partial charge in [0.15, 0.2) is 5.58 Å². The SMILES string of the molecule is CCCCc1ccc(N2B3c4c(cc5c(oc6ccccc65)c4N(c4ccc(CCCC)cc4-c4ccccc4)c4oc5ccccc5c43)-c3cc4c(cc32)oc2ccccc24)cc1. The highest BCUT2D eigenvalue weighted by Gasteiger charge is 2.50.